The summed E-state index contributed by atoms with van der Waals surface area (Å²) in [6, 6.07) is 12.7. The first-order valence-corrected chi connectivity index (χ1v) is 13.3. The summed E-state index contributed by atoms with van der Waals surface area (Å²) in [7, 11) is 3.95. The van der Waals surface area contributed by atoms with Crippen LogP contribution in [0.2, 0.25) is 0 Å². The van der Waals surface area contributed by atoms with Gasteiger partial charge < -0.3 is 14.4 Å². The fourth-order valence-electron chi connectivity index (χ4n) is 4.21. The smallest absolute Gasteiger partial charge is 0.338 e. The number of para-hydroxylation sites is 1. The first-order chi connectivity index (χ1) is 17.3. The van der Waals surface area contributed by atoms with Crippen molar-refractivity contribution in [3.8, 4) is 5.75 Å². The predicted octanol–water partition coefficient (Wildman–Crippen LogP) is 4.03. The van der Waals surface area contributed by atoms with Gasteiger partial charge in [0.15, 0.2) is 4.80 Å². The van der Waals surface area contributed by atoms with Crippen LogP contribution in [0.25, 0.3) is 6.08 Å². The first kappa shape index (κ1) is 25.9. The zero-order valence-electron chi connectivity index (χ0n) is 20.9. The summed E-state index contributed by atoms with van der Waals surface area (Å²) in [5.74, 6) is 0.117. The second-order valence-corrected chi connectivity index (χ2v) is 10.2. The average Bonchev–Trinajstić information content (AvgIpc) is 3.13. The Hall–Kier alpha value is -3.17. The summed E-state index contributed by atoms with van der Waals surface area (Å²) in [6.45, 7) is 6.10. The van der Waals surface area contributed by atoms with Crippen molar-refractivity contribution < 1.29 is 14.3 Å². The molecule has 2 heterocycles. The zero-order valence-corrected chi connectivity index (χ0v) is 23.3. The Morgan fingerprint density at radius 1 is 1.19 bits per heavy atom. The molecule has 0 saturated carbocycles. The van der Waals surface area contributed by atoms with Crippen molar-refractivity contribution in [3.63, 3.8) is 0 Å². The monoisotopic (exact) mass is 569 g/mol. The van der Waals surface area contributed by atoms with E-state index in [9.17, 15) is 9.59 Å². The highest BCUT2D eigenvalue weighted by Crippen LogP contribution is 2.35. The van der Waals surface area contributed by atoms with Gasteiger partial charge in [-0.25, -0.2) is 9.79 Å². The SMILES string of the molecule is CCOC(=O)C1=C(C)N=c2sc(=Cc3ccc(N(C)C)c(Br)c3)c(=O)n2C1c1ccccc1OCC. The van der Waals surface area contributed by atoms with E-state index in [0.717, 1.165) is 15.7 Å². The second kappa shape index (κ2) is 10.8. The maximum absolute atomic E-state index is 13.8. The van der Waals surface area contributed by atoms with E-state index >= 15 is 0 Å². The fraction of sp³-hybridized carbons (Fsp3) is 0.296. The molecule has 36 heavy (non-hydrogen) atoms. The van der Waals surface area contributed by atoms with Gasteiger partial charge in [0.1, 0.15) is 11.8 Å². The van der Waals surface area contributed by atoms with Gasteiger partial charge in [0, 0.05) is 24.1 Å². The Morgan fingerprint density at radius 2 is 1.94 bits per heavy atom. The minimum absolute atomic E-state index is 0.220. The third-order valence-corrected chi connectivity index (χ3v) is 7.40. The number of hydrogen-bond donors (Lipinski definition) is 0. The van der Waals surface area contributed by atoms with Crippen molar-refractivity contribution in [3.05, 3.63) is 89.0 Å². The van der Waals surface area contributed by atoms with E-state index in [1.807, 2.05) is 74.5 Å². The molecule has 9 heteroatoms. The number of fused-ring (bicyclic) bond motifs is 1. The first-order valence-electron chi connectivity index (χ1n) is 11.6. The Balaban J connectivity index is 1.95. The van der Waals surface area contributed by atoms with Gasteiger partial charge in [0.05, 0.1) is 34.7 Å². The van der Waals surface area contributed by atoms with Crippen LogP contribution in [0.3, 0.4) is 0 Å². The topological polar surface area (TPSA) is 73.1 Å². The lowest BCUT2D eigenvalue weighted by Gasteiger charge is -2.26. The van der Waals surface area contributed by atoms with E-state index in [2.05, 4.69) is 20.9 Å². The number of esters is 1. The van der Waals surface area contributed by atoms with E-state index in [1.165, 1.54) is 11.3 Å². The minimum atomic E-state index is -0.715. The van der Waals surface area contributed by atoms with E-state index in [-0.39, 0.29) is 12.2 Å². The number of benzene rings is 2. The molecule has 2 aromatic carbocycles. The van der Waals surface area contributed by atoms with E-state index in [0.29, 0.717) is 38.5 Å². The number of aromatic nitrogens is 1. The molecule has 3 aromatic rings. The van der Waals surface area contributed by atoms with Crippen LogP contribution >= 0.6 is 27.3 Å². The lowest BCUT2D eigenvalue weighted by Crippen LogP contribution is -2.40. The van der Waals surface area contributed by atoms with Gasteiger partial charge in [-0.15, -0.1) is 0 Å². The number of anilines is 1. The standard InChI is InChI=1S/C27H28BrN3O4S/c1-6-34-21-11-9-8-10-18(21)24-23(26(33)35-7-2)16(3)29-27-31(24)25(32)22(36-27)15-17-12-13-20(30(4)5)19(28)14-17/h8-15,24H,6-7H2,1-5H3. The summed E-state index contributed by atoms with van der Waals surface area (Å²) >= 11 is 4.91. The average molecular weight is 571 g/mol. The van der Waals surface area contributed by atoms with Crippen LogP contribution < -0.4 is 24.5 Å². The maximum atomic E-state index is 13.8. The Labute approximate surface area is 222 Å². The summed E-state index contributed by atoms with van der Waals surface area (Å²) in [6.07, 6.45) is 1.85. The van der Waals surface area contributed by atoms with Gasteiger partial charge in [-0.1, -0.05) is 35.6 Å². The third kappa shape index (κ3) is 4.90. The van der Waals surface area contributed by atoms with Gasteiger partial charge in [-0.3, -0.25) is 9.36 Å². The van der Waals surface area contributed by atoms with E-state index in [1.54, 1.807) is 18.4 Å². The van der Waals surface area contributed by atoms with Gasteiger partial charge in [-0.05, 0) is 66.5 Å². The van der Waals surface area contributed by atoms with Gasteiger partial charge in [-0.2, -0.15) is 0 Å². The lowest BCUT2D eigenvalue weighted by molar-refractivity contribution is -0.139. The van der Waals surface area contributed by atoms with Crippen molar-refractivity contribution in [2.45, 2.75) is 26.8 Å². The second-order valence-electron chi connectivity index (χ2n) is 8.38. The van der Waals surface area contributed by atoms with Crippen molar-refractivity contribution in [1.82, 2.24) is 4.57 Å². The normalized spacial score (nSPS) is 15.4. The van der Waals surface area contributed by atoms with Gasteiger partial charge in [0.25, 0.3) is 5.56 Å². The Kier molecular flexibility index (Phi) is 7.80. The number of halogens is 1. The maximum Gasteiger partial charge on any atom is 0.338 e. The molecule has 0 amide bonds. The molecule has 0 N–H and O–H groups in total. The molecule has 0 spiro atoms. The highest BCUT2D eigenvalue weighted by molar-refractivity contribution is 9.10. The Morgan fingerprint density at radius 3 is 2.61 bits per heavy atom. The molecule has 0 bridgehead atoms. The molecule has 188 valence electrons. The number of carbonyl (C=O) groups is 1. The number of ether oxygens (including phenoxy) is 2. The van der Waals surface area contributed by atoms with Crippen LogP contribution in [0.15, 0.2) is 68.0 Å². The third-order valence-electron chi connectivity index (χ3n) is 5.78. The number of hydrogen-bond acceptors (Lipinski definition) is 7. The summed E-state index contributed by atoms with van der Waals surface area (Å²) in [4.78, 5) is 34.1. The molecule has 1 aliphatic rings. The molecule has 1 aromatic heterocycles. The highest BCUT2D eigenvalue weighted by Gasteiger charge is 2.35. The number of nitrogens with zero attached hydrogens (tertiary/aromatic N) is 3. The quantitative estimate of drug-likeness (QED) is 0.402. The molecule has 1 aliphatic heterocycles. The number of rotatable bonds is 7. The molecule has 0 radical (unpaired) electrons. The molecule has 0 saturated heterocycles. The summed E-state index contributed by atoms with van der Waals surface area (Å²) in [5, 5.41) is 0. The number of thiazole rings is 1. The highest BCUT2D eigenvalue weighted by atomic mass is 79.9. The number of carbonyl (C=O) groups excluding carboxylic acids is 1. The summed E-state index contributed by atoms with van der Waals surface area (Å²) < 4.78 is 14.3. The van der Waals surface area contributed by atoms with Crippen LogP contribution in [0.1, 0.15) is 37.9 Å². The predicted molar refractivity (Wildman–Crippen MR) is 146 cm³/mol. The molecule has 7 nitrogen and oxygen atoms in total. The number of allylic oxidation sites excluding steroid dienone is 1. The van der Waals surface area contributed by atoms with Gasteiger partial charge >= 0.3 is 5.97 Å². The van der Waals surface area contributed by atoms with Crippen LogP contribution in [-0.2, 0) is 9.53 Å². The molecule has 1 unspecified atom stereocenters. The van der Waals surface area contributed by atoms with Crippen molar-refractivity contribution >= 4 is 45.0 Å². The molecular weight excluding hydrogens is 542 g/mol. The van der Waals surface area contributed by atoms with Crippen molar-refractivity contribution in [2.24, 2.45) is 4.99 Å². The fourth-order valence-corrected chi connectivity index (χ4v) is 6.00. The lowest BCUT2D eigenvalue weighted by atomic mass is 9.95. The van der Waals surface area contributed by atoms with Crippen LogP contribution in [0.4, 0.5) is 5.69 Å². The zero-order chi connectivity index (χ0) is 26.0. The largest absolute Gasteiger partial charge is 0.494 e. The van der Waals surface area contributed by atoms with Crippen molar-refractivity contribution in [2.75, 3.05) is 32.2 Å². The molecular formula is C27H28BrN3O4S. The van der Waals surface area contributed by atoms with E-state index < -0.39 is 12.0 Å². The van der Waals surface area contributed by atoms with Crippen LogP contribution in [0, 0.1) is 0 Å². The molecule has 0 fully saturated rings. The minimum Gasteiger partial charge on any atom is -0.494 e. The van der Waals surface area contributed by atoms with E-state index in [4.69, 9.17) is 9.47 Å². The van der Waals surface area contributed by atoms with Crippen molar-refractivity contribution in [1.29, 1.82) is 0 Å². The van der Waals surface area contributed by atoms with Gasteiger partial charge in [0.2, 0.25) is 0 Å². The molecule has 1 atom stereocenters. The van der Waals surface area contributed by atoms with Crippen LogP contribution in [-0.4, -0.2) is 37.8 Å². The molecule has 0 aliphatic carbocycles. The molecule has 4 rings (SSSR count). The van der Waals surface area contributed by atoms with Crippen LogP contribution in [0.5, 0.6) is 5.75 Å². The summed E-state index contributed by atoms with van der Waals surface area (Å²) in [5.41, 5.74) is 3.26. The Bertz CT molecular complexity index is 1520.